The van der Waals surface area contributed by atoms with Gasteiger partial charge in [0.1, 0.15) is 0 Å². The van der Waals surface area contributed by atoms with Gasteiger partial charge in [-0.15, -0.1) is 0 Å². The molecule has 120 valence electrons. The van der Waals surface area contributed by atoms with Crippen LogP contribution in [0.15, 0.2) is 48.5 Å². The Morgan fingerprint density at radius 2 is 1.83 bits per heavy atom. The van der Waals surface area contributed by atoms with Crippen LogP contribution in [0.2, 0.25) is 0 Å². The molecule has 1 aliphatic heterocycles. The van der Waals surface area contributed by atoms with Gasteiger partial charge < -0.3 is 5.32 Å². The van der Waals surface area contributed by atoms with E-state index in [1.807, 2.05) is 48.5 Å². The Labute approximate surface area is 135 Å². The number of rotatable bonds is 6. The van der Waals surface area contributed by atoms with Crippen LogP contribution in [0.5, 0.6) is 0 Å². The van der Waals surface area contributed by atoms with Crippen molar-refractivity contribution >= 4 is 21.6 Å². The SMILES string of the molecule is O=C1Cc2cc(CNS(=O)(=O)CCc3ccccc3)ccc2N1. The minimum Gasteiger partial charge on any atom is -0.326 e. The zero-order valence-corrected chi connectivity index (χ0v) is 13.4. The maximum atomic E-state index is 12.1. The summed E-state index contributed by atoms with van der Waals surface area (Å²) < 4.78 is 26.8. The first kappa shape index (κ1) is 15.7. The summed E-state index contributed by atoms with van der Waals surface area (Å²) in [5.74, 6) is 0.0303. The Hall–Kier alpha value is -2.18. The standard InChI is InChI=1S/C17H18N2O3S/c20-17-11-15-10-14(6-7-16(15)19-17)12-18-23(21,22)9-8-13-4-2-1-3-5-13/h1-7,10,18H,8-9,11-12H2,(H,19,20). The van der Waals surface area contributed by atoms with Crippen LogP contribution in [0, 0.1) is 0 Å². The lowest BCUT2D eigenvalue weighted by Gasteiger charge is -2.08. The Bertz CT molecular complexity index is 817. The summed E-state index contributed by atoms with van der Waals surface area (Å²) in [6.45, 7) is 0.235. The summed E-state index contributed by atoms with van der Waals surface area (Å²) in [5.41, 5.74) is 3.57. The van der Waals surface area contributed by atoms with Gasteiger partial charge in [0, 0.05) is 12.2 Å². The monoisotopic (exact) mass is 330 g/mol. The highest BCUT2D eigenvalue weighted by atomic mass is 32.2. The fourth-order valence-corrected chi connectivity index (χ4v) is 3.59. The van der Waals surface area contributed by atoms with Gasteiger partial charge in [-0.3, -0.25) is 4.79 Å². The molecule has 2 N–H and O–H groups in total. The van der Waals surface area contributed by atoms with E-state index >= 15 is 0 Å². The molecule has 0 saturated heterocycles. The van der Waals surface area contributed by atoms with Gasteiger partial charge in [0.15, 0.2) is 0 Å². The van der Waals surface area contributed by atoms with E-state index in [4.69, 9.17) is 0 Å². The van der Waals surface area contributed by atoms with E-state index in [0.29, 0.717) is 12.8 Å². The lowest BCUT2D eigenvalue weighted by atomic mass is 10.1. The van der Waals surface area contributed by atoms with Gasteiger partial charge >= 0.3 is 0 Å². The summed E-state index contributed by atoms with van der Waals surface area (Å²) in [6.07, 6.45) is 0.836. The Morgan fingerprint density at radius 3 is 2.61 bits per heavy atom. The molecule has 0 aromatic heterocycles. The number of carbonyl (C=O) groups excluding carboxylic acids is 1. The molecule has 0 aliphatic carbocycles. The summed E-state index contributed by atoms with van der Waals surface area (Å²) in [7, 11) is -3.34. The summed E-state index contributed by atoms with van der Waals surface area (Å²) in [5, 5.41) is 2.76. The molecule has 0 radical (unpaired) electrons. The second-order valence-electron chi connectivity index (χ2n) is 5.59. The van der Waals surface area contributed by atoms with Crippen LogP contribution in [0.4, 0.5) is 5.69 Å². The van der Waals surface area contributed by atoms with Gasteiger partial charge in [-0.05, 0) is 29.2 Å². The number of hydrogen-bond donors (Lipinski definition) is 2. The molecule has 2 aromatic rings. The highest BCUT2D eigenvalue weighted by Crippen LogP contribution is 2.23. The molecule has 0 atom stereocenters. The van der Waals surface area contributed by atoms with Crippen LogP contribution in [-0.4, -0.2) is 20.1 Å². The molecule has 2 aromatic carbocycles. The van der Waals surface area contributed by atoms with Crippen LogP contribution in [0.25, 0.3) is 0 Å². The number of aryl methyl sites for hydroxylation is 1. The summed E-state index contributed by atoms with van der Waals surface area (Å²) >= 11 is 0. The van der Waals surface area contributed by atoms with Crippen molar-refractivity contribution < 1.29 is 13.2 Å². The number of sulfonamides is 1. The minimum atomic E-state index is -3.34. The fraction of sp³-hybridized carbons (Fsp3) is 0.235. The molecule has 0 fully saturated rings. The first-order valence-corrected chi connectivity index (χ1v) is 9.10. The molecule has 1 aliphatic rings. The van der Waals surface area contributed by atoms with Crippen molar-refractivity contribution in [3.05, 3.63) is 65.2 Å². The van der Waals surface area contributed by atoms with E-state index in [9.17, 15) is 13.2 Å². The quantitative estimate of drug-likeness (QED) is 0.849. The van der Waals surface area contributed by atoms with E-state index in [1.54, 1.807) is 0 Å². The van der Waals surface area contributed by atoms with Gasteiger partial charge in [0.2, 0.25) is 15.9 Å². The van der Waals surface area contributed by atoms with E-state index in [0.717, 1.165) is 22.4 Å². The topological polar surface area (TPSA) is 75.3 Å². The van der Waals surface area contributed by atoms with Crippen molar-refractivity contribution in [2.45, 2.75) is 19.4 Å². The molecule has 0 unspecified atom stereocenters. The van der Waals surface area contributed by atoms with Crippen LogP contribution in [0.3, 0.4) is 0 Å². The third kappa shape index (κ3) is 4.18. The molecule has 5 nitrogen and oxygen atoms in total. The van der Waals surface area contributed by atoms with E-state index in [2.05, 4.69) is 10.0 Å². The minimum absolute atomic E-state index is 0.0272. The zero-order chi connectivity index (χ0) is 16.3. The molecule has 0 bridgehead atoms. The van der Waals surface area contributed by atoms with Gasteiger partial charge in [0.25, 0.3) is 0 Å². The number of hydrogen-bond acceptors (Lipinski definition) is 3. The number of nitrogens with one attached hydrogen (secondary N) is 2. The second-order valence-corrected chi connectivity index (χ2v) is 7.52. The largest absolute Gasteiger partial charge is 0.326 e. The first-order valence-electron chi connectivity index (χ1n) is 7.45. The molecule has 6 heteroatoms. The van der Waals surface area contributed by atoms with Crippen molar-refractivity contribution in [2.24, 2.45) is 0 Å². The Balaban J connectivity index is 1.57. The molecule has 0 saturated carbocycles. The maximum Gasteiger partial charge on any atom is 0.228 e. The molecule has 1 amide bonds. The third-order valence-electron chi connectivity index (χ3n) is 3.79. The zero-order valence-electron chi connectivity index (χ0n) is 12.6. The predicted octanol–water partition coefficient (Wildman–Crippen LogP) is 1.84. The smallest absolute Gasteiger partial charge is 0.228 e. The molecule has 1 heterocycles. The Morgan fingerprint density at radius 1 is 1.04 bits per heavy atom. The highest BCUT2D eigenvalue weighted by molar-refractivity contribution is 7.89. The summed E-state index contributed by atoms with van der Waals surface area (Å²) in [4.78, 5) is 11.3. The Kier molecular flexibility index (Phi) is 4.45. The predicted molar refractivity (Wildman–Crippen MR) is 89.5 cm³/mol. The van der Waals surface area contributed by atoms with Crippen molar-refractivity contribution in [1.82, 2.24) is 4.72 Å². The molecular formula is C17H18N2O3S. The van der Waals surface area contributed by atoms with Crippen molar-refractivity contribution in [1.29, 1.82) is 0 Å². The van der Waals surface area contributed by atoms with Crippen molar-refractivity contribution in [3.63, 3.8) is 0 Å². The van der Waals surface area contributed by atoms with Gasteiger partial charge in [-0.25, -0.2) is 13.1 Å². The van der Waals surface area contributed by atoms with E-state index < -0.39 is 10.0 Å². The van der Waals surface area contributed by atoms with Gasteiger partial charge in [-0.1, -0.05) is 42.5 Å². The lowest BCUT2D eigenvalue weighted by molar-refractivity contribution is -0.115. The normalized spacial score (nSPS) is 13.7. The molecular weight excluding hydrogens is 312 g/mol. The number of benzene rings is 2. The highest BCUT2D eigenvalue weighted by Gasteiger charge is 2.18. The molecule has 0 spiro atoms. The number of amides is 1. The number of fused-ring (bicyclic) bond motifs is 1. The number of carbonyl (C=O) groups is 1. The van der Waals surface area contributed by atoms with Crippen LogP contribution < -0.4 is 10.0 Å². The van der Waals surface area contributed by atoms with Crippen molar-refractivity contribution in [2.75, 3.05) is 11.1 Å². The molecule has 3 rings (SSSR count). The van der Waals surface area contributed by atoms with E-state index in [-0.39, 0.29) is 18.2 Å². The summed E-state index contributed by atoms with van der Waals surface area (Å²) in [6, 6.07) is 15.0. The van der Waals surface area contributed by atoms with Gasteiger partial charge in [-0.2, -0.15) is 0 Å². The lowest BCUT2D eigenvalue weighted by Crippen LogP contribution is -2.26. The second kappa shape index (κ2) is 6.52. The average molecular weight is 330 g/mol. The third-order valence-corrected chi connectivity index (χ3v) is 5.12. The number of anilines is 1. The average Bonchev–Trinajstić information content (AvgIpc) is 2.91. The maximum absolute atomic E-state index is 12.1. The van der Waals surface area contributed by atoms with Crippen molar-refractivity contribution in [3.8, 4) is 0 Å². The van der Waals surface area contributed by atoms with Crippen LogP contribution in [-0.2, 0) is 34.2 Å². The molecule has 23 heavy (non-hydrogen) atoms. The van der Waals surface area contributed by atoms with E-state index in [1.165, 1.54) is 0 Å². The van der Waals surface area contributed by atoms with Crippen LogP contribution in [0.1, 0.15) is 16.7 Å². The fourth-order valence-electron chi connectivity index (χ4n) is 2.55. The first-order chi connectivity index (χ1) is 11.0. The van der Waals surface area contributed by atoms with Crippen LogP contribution >= 0.6 is 0 Å². The van der Waals surface area contributed by atoms with Gasteiger partial charge in [0.05, 0.1) is 12.2 Å².